The van der Waals surface area contributed by atoms with Crippen molar-refractivity contribution < 1.29 is 40.6 Å². The summed E-state index contributed by atoms with van der Waals surface area (Å²) in [5.74, 6) is 0.00975. The van der Waals surface area contributed by atoms with Gasteiger partial charge in [-0.05, 0) is 89.6 Å². The molecular formula is C46H54N3O8S3+. The van der Waals surface area contributed by atoms with Crippen molar-refractivity contribution >= 4 is 70.8 Å². The van der Waals surface area contributed by atoms with Crippen molar-refractivity contribution in [2.75, 3.05) is 42.6 Å². The van der Waals surface area contributed by atoms with E-state index in [1.165, 1.54) is 9.87 Å². The van der Waals surface area contributed by atoms with Crippen LogP contribution in [0.15, 0.2) is 119 Å². The summed E-state index contributed by atoms with van der Waals surface area (Å²) in [5, 5.41) is 17.0. The molecule has 4 aromatic rings. The molecule has 0 amide bonds. The molecule has 0 radical (unpaired) electrons. The first-order chi connectivity index (χ1) is 28.6. The minimum Gasteiger partial charge on any atom is -0.343 e. The summed E-state index contributed by atoms with van der Waals surface area (Å²) in [7, 11) is -8.23. The minimum absolute atomic E-state index is 0.0251. The van der Waals surface area contributed by atoms with Crippen molar-refractivity contribution in [1.82, 2.24) is 4.31 Å². The van der Waals surface area contributed by atoms with Gasteiger partial charge in [-0.2, -0.15) is 17.3 Å². The predicted octanol–water partition coefficient (Wildman–Crippen LogP) is 9.60. The fourth-order valence-electron chi connectivity index (χ4n) is 9.55. The van der Waals surface area contributed by atoms with Crippen molar-refractivity contribution in [3.63, 3.8) is 0 Å². The van der Waals surface area contributed by atoms with Crippen LogP contribution in [0.2, 0.25) is 0 Å². The third-order valence-electron chi connectivity index (χ3n) is 12.2. The largest absolute Gasteiger partial charge is 0.343 e. The maximum atomic E-state index is 14.8. The molecule has 0 spiro atoms. The molecule has 2 N–H and O–H groups in total. The number of allylic oxidation sites excluding steroid dienone is 7. The Morgan fingerprint density at radius 3 is 2.13 bits per heavy atom. The highest BCUT2D eigenvalue weighted by molar-refractivity contribution is 7.94. The highest BCUT2D eigenvalue weighted by Gasteiger charge is 2.46. The average Bonchev–Trinajstić information content (AvgIpc) is 3.57. The lowest BCUT2D eigenvalue weighted by Crippen LogP contribution is -2.33. The highest BCUT2D eigenvalue weighted by atomic mass is 32.2. The van der Waals surface area contributed by atoms with Gasteiger partial charge in [0.2, 0.25) is 15.7 Å². The number of fused-ring (bicyclic) bond motifs is 6. The molecule has 1 aliphatic carbocycles. The molecule has 2 heterocycles. The molecule has 0 saturated carbocycles. The quantitative estimate of drug-likeness (QED) is 0.0297. The van der Waals surface area contributed by atoms with Gasteiger partial charge in [-0.1, -0.05) is 99.5 Å². The number of benzene rings is 4. The molecule has 0 aromatic heterocycles. The lowest BCUT2D eigenvalue weighted by molar-refractivity contribution is -0.438. The third kappa shape index (κ3) is 8.16. The monoisotopic (exact) mass is 872 g/mol. The van der Waals surface area contributed by atoms with Gasteiger partial charge in [0.25, 0.3) is 10.1 Å². The molecule has 11 nitrogen and oxygen atoms in total. The van der Waals surface area contributed by atoms with Crippen molar-refractivity contribution in [2.24, 2.45) is 0 Å². The van der Waals surface area contributed by atoms with Crippen LogP contribution >= 0.6 is 12.0 Å². The summed E-state index contributed by atoms with van der Waals surface area (Å²) < 4.78 is 72.1. The van der Waals surface area contributed by atoms with E-state index in [-0.39, 0.29) is 6.54 Å². The minimum atomic E-state index is -4.28. The van der Waals surface area contributed by atoms with Crippen LogP contribution in [0, 0.1) is 0 Å². The van der Waals surface area contributed by atoms with Gasteiger partial charge >= 0.3 is 0 Å². The Bertz CT molecular complexity index is 2710. The Labute approximate surface area is 358 Å². The smallest absolute Gasteiger partial charge is 0.266 e. The van der Waals surface area contributed by atoms with E-state index in [0.29, 0.717) is 48.7 Å². The van der Waals surface area contributed by atoms with E-state index in [9.17, 15) is 21.4 Å². The number of sulfonamides is 1. The van der Waals surface area contributed by atoms with Crippen LogP contribution in [0.4, 0.5) is 11.4 Å². The first-order valence-electron chi connectivity index (χ1n) is 20.4. The van der Waals surface area contributed by atoms with Crippen LogP contribution in [0.5, 0.6) is 0 Å². The van der Waals surface area contributed by atoms with E-state index < -0.39 is 36.7 Å². The topological polar surface area (TPSA) is 137 Å². The first kappa shape index (κ1) is 44.0. The molecule has 7 rings (SSSR count). The molecule has 0 bridgehead atoms. The fourth-order valence-corrected chi connectivity index (χ4v) is 12.3. The van der Waals surface area contributed by atoms with Crippen molar-refractivity contribution in [1.29, 1.82) is 0 Å². The number of nitrogens with zero attached hydrogens (tertiary/aromatic N) is 3. The number of hydrogen-bond donors (Lipinski definition) is 2. The normalized spacial score (nSPS) is 19.2. The maximum absolute atomic E-state index is 14.8. The SMILES string of the molecule is CCN(CC)S(=O)(=O)C1=C(/C=C/C2=[N+](CCSOOO)c3ccc4ccccc4c3C2(C)C)CCC/C1=C\C=C1\N(CCS(=O)(=O)O)c2ccc3ccccc3c2C1(C)C. The van der Waals surface area contributed by atoms with Gasteiger partial charge in [0.15, 0.2) is 12.3 Å². The molecule has 0 fully saturated rings. The zero-order chi connectivity index (χ0) is 43.0. The van der Waals surface area contributed by atoms with Crippen molar-refractivity contribution in [3.05, 3.63) is 130 Å². The molecule has 14 heteroatoms. The first-order valence-corrected chi connectivity index (χ1v) is 24.4. The maximum Gasteiger partial charge on any atom is 0.266 e. The number of rotatable bonds is 15. The summed E-state index contributed by atoms with van der Waals surface area (Å²) in [5.41, 5.74) is 6.29. The molecular weight excluding hydrogens is 819 g/mol. The van der Waals surface area contributed by atoms with E-state index >= 15 is 0 Å². The van der Waals surface area contributed by atoms with E-state index in [1.54, 1.807) is 0 Å². The standard InChI is InChI=1S/C46H53N3O8S3/c1-7-47(8-2)60(54,55)44-34(22-26-40-45(3,4)42-36-18-11-9-14-32(36)20-24-38(42)48(40)28-30-58-57-56-50)16-13-17-35(44)23-27-41-46(5,6)43-37-19-12-10-15-33(37)21-25-39(43)49(41)29-31-59(51,52)53/h9-12,14-15,18-27H,7-8,13,16-17,28-31H2,1-6H3,(H-,50,51,52,53)/p+1. The van der Waals surface area contributed by atoms with Crippen LogP contribution in [0.1, 0.15) is 71.9 Å². The third-order valence-corrected chi connectivity index (χ3v) is 15.7. The van der Waals surface area contributed by atoms with Gasteiger partial charge in [-0.3, -0.25) is 4.55 Å². The second kappa shape index (κ2) is 17.3. The van der Waals surface area contributed by atoms with Gasteiger partial charge in [-0.15, -0.1) is 4.33 Å². The predicted molar refractivity (Wildman–Crippen MR) is 243 cm³/mol. The molecule has 0 atom stereocenters. The second-order valence-corrected chi connectivity index (χ2v) is 20.7. The molecule has 0 saturated heterocycles. The molecule has 0 unspecified atom stereocenters. The molecule has 4 aromatic carbocycles. The molecule has 2 aliphatic heterocycles. The molecule has 60 heavy (non-hydrogen) atoms. The zero-order valence-corrected chi connectivity index (χ0v) is 37.5. The van der Waals surface area contributed by atoms with Gasteiger partial charge < -0.3 is 4.90 Å². The zero-order valence-electron chi connectivity index (χ0n) is 35.0. The highest BCUT2D eigenvalue weighted by Crippen LogP contribution is 2.51. The molecule has 318 valence electrons. The van der Waals surface area contributed by atoms with Crippen LogP contribution < -0.4 is 4.90 Å². The van der Waals surface area contributed by atoms with E-state index in [4.69, 9.17) is 9.59 Å². The number of anilines is 1. The Morgan fingerprint density at radius 1 is 0.833 bits per heavy atom. The summed E-state index contributed by atoms with van der Waals surface area (Å²) in [4.78, 5) is 2.24. The lowest BCUT2D eigenvalue weighted by atomic mass is 9.78. The van der Waals surface area contributed by atoms with Crippen molar-refractivity contribution in [3.8, 4) is 0 Å². The second-order valence-electron chi connectivity index (χ2n) is 16.4. The summed E-state index contributed by atoms with van der Waals surface area (Å²) in [6, 6.07) is 24.7. The van der Waals surface area contributed by atoms with Crippen molar-refractivity contribution in [2.45, 2.75) is 71.6 Å². The van der Waals surface area contributed by atoms with E-state index in [1.807, 2.05) is 73.4 Å². The fraction of sp³-hybridized carbons (Fsp3) is 0.370. The van der Waals surface area contributed by atoms with Crippen LogP contribution in [-0.2, 0) is 40.3 Å². The Hall–Kier alpha value is -4.12. The summed E-state index contributed by atoms with van der Waals surface area (Å²) >= 11 is 0.991. The van der Waals surface area contributed by atoms with E-state index in [0.717, 1.165) is 73.9 Å². The molecule has 3 aliphatic rings. The van der Waals surface area contributed by atoms with Crippen LogP contribution in [-0.4, -0.2) is 78.9 Å². The Kier molecular flexibility index (Phi) is 12.7. The van der Waals surface area contributed by atoms with Gasteiger partial charge in [0.1, 0.15) is 0 Å². The van der Waals surface area contributed by atoms with Crippen LogP contribution in [0.3, 0.4) is 0 Å². The summed E-state index contributed by atoms with van der Waals surface area (Å²) in [6.45, 7) is 13.5. The lowest BCUT2D eigenvalue weighted by Gasteiger charge is -2.28. The number of hydrogen-bond acceptors (Lipinski definition) is 9. The van der Waals surface area contributed by atoms with E-state index in [2.05, 4.69) is 79.8 Å². The Morgan fingerprint density at radius 2 is 1.48 bits per heavy atom. The Balaban J connectivity index is 1.38. The van der Waals surface area contributed by atoms with Crippen LogP contribution in [0.25, 0.3) is 21.5 Å². The van der Waals surface area contributed by atoms with Gasteiger partial charge in [0.05, 0.1) is 21.8 Å². The van der Waals surface area contributed by atoms with Gasteiger partial charge in [-0.25, -0.2) is 13.7 Å². The summed E-state index contributed by atoms with van der Waals surface area (Å²) in [6.07, 6.45) is 9.74. The van der Waals surface area contributed by atoms with Gasteiger partial charge in [0, 0.05) is 66.2 Å². The average molecular weight is 873 g/mol.